The van der Waals surface area contributed by atoms with Gasteiger partial charge in [0.15, 0.2) is 0 Å². The van der Waals surface area contributed by atoms with Crippen molar-refractivity contribution in [3.05, 3.63) is 0 Å². The molecule has 112 valence electrons. The second kappa shape index (κ2) is 7.82. The van der Waals surface area contributed by atoms with Gasteiger partial charge in [0.1, 0.15) is 0 Å². The summed E-state index contributed by atoms with van der Waals surface area (Å²) in [7, 11) is 1.77. The minimum atomic E-state index is -0.772. The first-order valence-electron chi connectivity index (χ1n) is 7.21. The van der Waals surface area contributed by atoms with Gasteiger partial charge in [-0.2, -0.15) is 0 Å². The molecule has 5 nitrogen and oxygen atoms in total. The minimum absolute atomic E-state index is 0.101. The zero-order valence-corrected chi connectivity index (χ0v) is 12.2. The Bertz CT molecular complexity index is 278. The van der Waals surface area contributed by atoms with Gasteiger partial charge in [-0.1, -0.05) is 6.92 Å². The van der Waals surface area contributed by atoms with Crippen molar-refractivity contribution in [2.24, 2.45) is 11.7 Å². The first-order valence-corrected chi connectivity index (χ1v) is 7.21. The lowest BCUT2D eigenvalue weighted by Crippen LogP contribution is -2.47. The Kier molecular flexibility index (Phi) is 6.75. The maximum Gasteiger partial charge on any atom is 0.222 e. The monoisotopic (exact) mass is 272 g/mol. The van der Waals surface area contributed by atoms with Crippen LogP contribution in [0.5, 0.6) is 0 Å². The van der Waals surface area contributed by atoms with Gasteiger partial charge >= 0.3 is 0 Å². The van der Waals surface area contributed by atoms with E-state index in [0.717, 1.165) is 12.8 Å². The molecule has 0 aromatic heterocycles. The Labute approximate surface area is 116 Å². The summed E-state index contributed by atoms with van der Waals surface area (Å²) in [5.41, 5.74) is 4.72. The van der Waals surface area contributed by atoms with Crippen molar-refractivity contribution in [3.63, 3.8) is 0 Å². The fourth-order valence-corrected chi connectivity index (χ4v) is 2.43. The zero-order chi connectivity index (χ0) is 14.3. The number of nitrogens with zero attached hydrogens (tertiary/aromatic N) is 1. The van der Waals surface area contributed by atoms with Crippen molar-refractivity contribution in [1.29, 1.82) is 0 Å². The third-order valence-corrected chi connectivity index (χ3v) is 3.89. The molecule has 1 unspecified atom stereocenters. The highest BCUT2D eigenvalue weighted by molar-refractivity contribution is 5.75. The van der Waals surface area contributed by atoms with E-state index in [-0.39, 0.29) is 5.91 Å². The van der Waals surface area contributed by atoms with Crippen molar-refractivity contribution in [1.82, 2.24) is 4.90 Å². The fourth-order valence-electron chi connectivity index (χ4n) is 2.43. The lowest BCUT2D eigenvalue weighted by atomic mass is 9.93. The Balaban J connectivity index is 2.31. The standard InChI is InChI=1S/C14H28N2O3/c1-12(5-8-15)3-4-13(17)16(2)11-14(18)6-9-19-10-7-14/h12,18H,3-11,15H2,1-2H3. The van der Waals surface area contributed by atoms with Crippen LogP contribution in [0.2, 0.25) is 0 Å². The summed E-state index contributed by atoms with van der Waals surface area (Å²) < 4.78 is 5.24. The van der Waals surface area contributed by atoms with Gasteiger partial charge in [0.2, 0.25) is 5.91 Å². The molecule has 1 rings (SSSR count). The number of carbonyl (C=O) groups is 1. The van der Waals surface area contributed by atoms with E-state index in [2.05, 4.69) is 6.92 Å². The van der Waals surface area contributed by atoms with Gasteiger partial charge in [-0.05, 0) is 25.3 Å². The number of nitrogens with two attached hydrogens (primary N) is 1. The predicted molar refractivity (Wildman–Crippen MR) is 74.7 cm³/mol. The third-order valence-electron chi connectivity index (χ3n) is 3.89. The number of likely N-dealkylation sites (N-methyl/N-ethyl adjacent to an activating group) is 1. The number of hydrogen-bond acceptors (Lipinski definition) is 4. The van der Waals surface area contributed by atoms with E-state index >= 15 is 0 Å². The number of aliphatic hydroxyl groups is 1. The third kappa shape index (κ3) is 5.89. The van der Waals surface area contributed by atoms with E-state index in [1.165, 1.54) is 0 Å². The smallest absolute Gasteiger partial charge is 0.222 e. The molecule has 0 saturated carbocycles. The van der Waals surface area contributed by atoms with Gasteiger partial charge in [-0.15, -0.1) is 0 Å². The summed E-state index contributed by atoms with van der Waals surface area (Å²) in [6.07, 6.45) is 3.56. The molecule has 19 heavy (non-hydrogen) atoms. The van der Waals surface area contributed by atoms with E-state index in [9.17, 15) is 9.90 Å². The van der Waals surface area contributed by atoms with Crippen molar-refractivity contribution in [3.8, 4) is 0 Å². The Morgan fingerprint density at radius 3 is 2.63 bits per heavy atom. The van der Waals surface area contributed by atoms with Gasteiger partial charge in [0.25, 0.3) is 0 Å². The number of rotatable bonds is 7. The van der Waals surface area contributed by atoms with Crippen LogP contribution in [0.25, 0.3) is 0 Å². The molecule has 1 heterocycles. The molecule has 0 aliphatic carbocycles. The minimum Gasteiger partial charge on any atom is -0.388 e. The highest BCUT2D eigenvalue weighted by Gasteiger charge is 2.32. The van der Waals surface area contributed by atoms with Crippen LogP contribution >= 0.6 is 0 Å². The predicted octanol–water partition coefficient (Wildman–Crippen LogP) is 0.751. The first kappa shape index (κ1) is 16.4. The van der Waals surface area contributed by atoms with Crippen molar-refractivity contribution in [2.75, 3.05) is 33.4 Å². The van der Waals surface area contributed by atoms with Gasteiger partial charge < -0.3 is 20.5 Å². The molecule has 0 bridgehead atoms. The molecular weight excluding hydrogens is 244 g/mol. The highest BCUT2D eigenvalue weighted by atomic mass is 16.5. The fraction of sp³-hybridized carbons (Fsp3) is 0.929. The number of hydrogen-bond donors (Lipinski definition) is 2. The van der Waals surface area contributed by atoms with Crippen LogP contribution in [0, 0.1) is 5.92 Å². The van der Waals surface area contributed by atoms with Crippen LogP contribution in [-0.2, 0) is 9.53 Å². The number of amides is 1. The van der Waals surface area contributed by atoms with Crippen molar-refractivity contribution >= 4 is 5.91 Å². The van der Waals surface area contributed by atoms with E-state index in [4.69, 9.17) is 10.5 Å². The molecule has 1 aliphatic heterocycles. The summed E-state index contributed by atoms with van der Waals surface area (Å²) in [4.78, 5) is 13.7. The Morgan fingerprint density at radius 1 is 1.42 bits per heavy atom. The SMILES string of the molecule is CC(CCN)CCC(=O)N(C)CC1(O)CCOCC1. The second-order valence-electron chi connectivity index (χ2n) is 5.81. The van der Waals surface area contributed by atoms with E-state index in [1.807, 2.05) is 0 Å². The molecule has 1 atom stereocenters. The van der Waals surface area contributed by atoms with Crippen LogP contribution in [0.4, 0.5) is 0 Å². The van der Waals surface area contributed by atoms with Crippen molar-refractivity contribution < 1.29 is 14.6 Å². The molecule has 1 amide bonds. The maximum atomic E-state index is 12.0. The van der Waals surface area contributed by atoms with E-state index in [0.29, 0.717) is 51.5 Å². The van der Waals surface area contributed by atoms with Gasteiger partial charge in [-0.25, -0.2) is 0 Å². The average Bonchev–Trinajstić information content (AvgIpc) is 2.36. The summed E-state index contributed by atoms with van der Waals surface area (Å²) in [6, 6.07) is 0. The van der Waals surface area contributed by atoms with Crippen LogP contribution in [0.15, 0.2) is 0 Å². The Morgan fingerprint density at radius 2 is 2.05 bits per heavy atom. The molecule has 1 fully saturated rings. The Hall–Kier alpha value is -0.650. The molecule has 0 spiro atoms. The van der Waals surface area contributed by atoms with E-state index < -0.39 is 5.60 Å². The van der Waals surface area contributed by atoms with Crippen LogP contribution in [-0.4, -0.2) is 54.9 Å². The molecule has 0 radical (unpaired) electrons. The zero-order valence-electron chi connectivity index (χ0n) is 12.2. The summed E-state index contributed by atoms with van der Waals surface area (Å²) in [5.74, 6) is 0.581. The lowest BCUT2D eigenvalue weighted by molar-refractivity contribution is -0.137. The first-order chi connectivity index (χ1) is 8.97. The second-order valence-corrected chi connectivity index (χ2v) is 5.81. The summed E-state index contributed by atoms with van der Waals surface area (Å²) in [5, 5.41) is 10.4. The molecular formula is C14H28N2O3. The number of carbonyl (C=O) groups excluding carboxylic acids is 1. The van der Waals surface area contributed by atoms with Gasteiger partial charge in [-0.3, -0.25) is 4.79 Å². The molecule has 0 aromatic carbocycles. The molecule has 3 N–H and O–H groups in total. The van der Waals surface area contributed by atoms with Crippen LogP contribution < -0.4 is 5.73 Å². The topological polar surface area (TPSA) is 75.8 Å². The quantitative estimate of drug-likeness (QED) is 0.717. The lowest BCUT2D eigenvalue weighted by Gasteiger charge is -2.35. The van der Waals surface area contributed by atoms with E-state index in [1.54, 1.807) is 11.9 Å². The number of ether oxygens (including phenoxy) is 1. The van der Waals surface area contributed by atoms with Gasteiger partial charge in [0, 0.05) is 46.1 Å². The van der Waals surface area contributed by atoms with Crippen LogP contribution in [0.1, 0.15) is 39.0 Å². The molecule has 1 aliphatic rings. The average molecular weight is 272 g/mol. The molecule has 5 heteroatoms. The summed E-state index contributed by atoms with van der Waals surface area (Å²) >= 11 is 0. The molecule has 1 saturated heterocycles. The highest BCUT2D eigenvalue weighted by Crippen LogP contribution is 2.21. The maximum absolute atomic E-state index is 12.0. The van der Waals surface area contributed by atoms with Crippen LogP contribution in [0.3, 0.4) is 0 Å². The molecule has 0 aromatic rings. The summed E-state index contributed by atoms with van der Waals surface area (Å²) in [6.45, 7) is 4.34. The normalized spacial score (nSPS) is 20.0. The van der Waals surface area contributed by atoms with Crippen molar-refractivity contribution in [2.45, 2.75) is 44.6 Å². The van der Waals surface area contributed by atoms with Gasteiger partial charge in [0.05, 0.1) is 5.60 Å². The largest absolute Gasteiger partial charge is 0.388 e.